The zero-order chi connectivity index (χ0) is 16.3. The van der Waals surface area contributed by atoms with Gasteiger partial charge in [-0.15, -0.1) is 0 Å². The van der Waals surface area contributed by atoms with Crippen molar-refractivity contribution in [3.63, 3.8) is 0 Å². The third kappa shape index (κ3) is 1.78. The van der Waals surface area contributed by atoms with Crippen molar-refractivity contribution in [3.8, 4) is 11.3 Å². The summed E-state index contributed by atoms with van der Waals surface area (Å²) < 4.78 is 1.94. The summed E-state index contributed by atoms with van der Waals surface area (Å²) in [4.78, 5) is 5.05. The molecule has 5 nitrogen and oxygen atoms in total. The molecule has 0 aliphatic heterocycles. The highest BCUT2D eigenvalue weighted by molar-refractivity contribution is 6.08. The van der Waals surface area contributed by atoms with Crippen LogP contribution >= 0.6 is 0 Å². The SMILES string of the molecule is Cc1[nH]ncc1-c1nc2ccc3c(cnn3C)c2c2c1CCCC2. The van der Waals surface area contributed by atoms with Crippen LogP contribution in [-0.2, 0) is 19.9 Å². The maximum absolute atomic E-state index is 5.05. The molecule has 4 aromatic rings. The molecule has 0 unspecified atom stereocenters. The molecule has 0 bridgehead atoms. The van der Waals surface area contributed by atoms with Crippen molar-refractivity contribution in [1.82, 2.24) is 25.0 Å². The molecule has 24 heavy (non-hydrogen) atoms. The first-order chi connectivity index (χ1) is 11.7. The molecular formula is C19H19N5. The number of aryl methyl sites for hydroxylation is 3. The van der Waals surface area contributed by atoms with Gasteiger partial charge in [-0.1, -0.05) is 0 Å². The average molecular weight is 317 g/mol. The van der Waals surface area contributed by atoms with E-state index in [1.165, 1.54) is 40.3 Å². The highest BCUT2D eigenvalue weighted by Crippen LogP contribution is 2.38. The molecule has 0 spiro atoms. The van der Waals surface area contributed by atoms with E-state index in [0.717, 1.165) is 35.3 Å². The lowest BCUT2D eigenvalue weighted by Crippen LogP contribution is -2.08. The number of rotatable bonds is 1. The average Bonchev–Trinajstić information content (AvgIpc) is 3.20. The summed E-state index contributed by atoms with van der Waals surface area (Å²) in [5.41, 5.74) is 8.40. The van der Waals surface area contributed by atoms with Crippen LogP contribution in [0.2, 0.25) is 0 Å². The van der Waals surface area contributed by atoms with Gasteiger partial charge in [0, 0.05) is 29.1 Å². The first-order valence-corrected chi connectivity index (χ1v) is 8.50. The van der Waals surface area contributed by atoms with Gasteiger partial charge >= 0.3 is 0 Å². The van der Waals surface area contributed by atoms with E-state index in [2.05, 4.69) is 34.4 Å². The van der Waals surface area contributed by atoms with Crippen LogP contribution in [0.3, 0.4) is 0 Å². The summed E-state index contributed by atoms with van der Waals surface area (Å²) in [7, 11) is 2.00. The molecule has 1 aliphatic carbocycles. The Morgan fingerprint density at radius 1 is 1.08 bits per heavy atom. The predicted octanol–water partition coefficient (Wildman–Crippen LogP) is 3.70. The normalized spacial score (nSPS) is 14.4. The Balaban J connectivity index is 1.94. The topological polar surface area (TPSA) is 59.4 Å². The van der Waals surface area contributed by atoms with Crippen LogP contribution in [0.4, 0.5) is 0 Å². The second-order valence-corrected chi connectivity index (χ2v) is 6.69. The summed E-state index contributed by atoms with van der Waals surface area (Å²) in [5, 5.41) is 14.2. The van der Waals surface area contributed by atoms with Crippen LogP contribution < -0.4 is 0 Å². The molecule has 0 amide bonds. The third-order valence-corrected chi connectivity index (χ3v) is 5.28. The number of aromatic nitrogens is 5. The van der Waals surface area contributed by atoms with E-state index in [1.807, 2.05) is 24.1 Å². The van der Waals surface area contributed by atoms with Crippen LogP contribution in [0.15, 0.2) is 24.5 Å². The van der Waals surface area contributed by atoms with Crippen molar-refractivity contribution in [1.29, 1.82) is 0 Å². The van der Waals surface area contributed by atoms with Crippen molar-refractivity contribution >= 4 is 21.8 Å². The molecular weight excluding hydrogens is 298 g/mol. The van der Waals surface area contributed by atoms with Gasteiger partial charge in [-0.25, -0.2) is 4.98 Å². The van der Waals surface area contributed by atoms with Crippen LogP contribution in [0.1, 0.15) is 29.7 Å². The molecule has 0 saturated carbocycles. The van der Waals surface area contributed by atoms with Gasteiger partial charge in [0.1, 0.15) is 0 Å². The lowest BCUT2D eigenvalue weighted by atomic mass is 9.85. The number of hydrogen-bond donors (Lipinski definition) is 1. The molecule has 0 fully saturated rings. The van der Waals surface area contributed by atoms with Gasteiger partial charge in [-0.2, -0.15) is 10.2 Å². The van der Waals surface area contributed by atoms with E-state index in [9.17, 15) is 0 Å². The van der Waals surface area contributed by atoms with Gasteiger partial charge in [0.15, 0.2) is 0 Å². The van der Waals surface area contributed by atoms with Crippen LogP contribution in [0, 0.1) is 6.92 Å². The monoisotopic (exact) mass is 317 g/mol. The summed E-state index contributed by atoms with van der Waals surface area (Å²) in [6.07, 6.45) is 8.57. The number of benzene rings is 1. The van der Waals surface area contributed by atoms with Crippen molar-refractivity contribution in [2.45, 2.75) is 32.6 Å². The second kappa shape index (κ2) is 4.90. The fourth-order valence-corrected chi connectivity index (χ4v) is 4.07. The van der Waals surface area contributed by atoms with Crippen LogP contribution in [-0.4, -0.2) is 25.0 Å². The van der Waals surface area contributed by atoms with Crippen molar-refractivity contribution in [3.05, 3.63) is 41.3 Å². The summed E-state index contributed by atoms with van der Waals surface area (Å²) in [5.74, 6) is 0. The van der Waals surface area contributed by atoms with Crippen molar-refractivity contribution in [2.24, 2.45) is 7.05 Å². The number of hydrogen-bond acceptors (Lipinski definition) is 3. The quantitative estimate of drug-likeness (QED) is 0.582. The first-order valence-electron chi connectivity index (χ1n) is 8.50. The van der Waals surface area contributed by atoms with Gasteiger partial charge in [0.25, 0.3) is 0 Å². The van der Waals surface area contributed by atoms with Crippen LogP contribution in [0.25, 0.3) is 33.1 Å². The standard InChI is InChI=1S/C19H19N5/c1-11-14(9-20-23-11)19-13-6-4-3-5-12(13)18-15-10-21-24(2)17(15)8-7-16(18)22-19/h7-10H,3-6H2,1-2H3,(H,20,23). The fourth-order valence-electron chi connectivity index (χ4n) is 4.07. The Kier molecular flexibility index (Phi) is 2.80. The van der Waals surface area contributed by atoms with E-state index >= 15 is 0 Å². The highest BCUT2D eigenvalue weighted by Gasteiger charge is 2.22. The highest BCUT2D eigenvalue weighted by atomic mass is 15.2. The predicted molar refractivity (Wildman–Crippen MR) is 95.0 cm³/mol. The minimum Gasteiger partial charge on any atom is -0.282 e. The molecule has 1 N–H and O–H groups in total. The number of pyridine rings is 1. The van der Waals surface area contributed by atoms with E-state index in [1.54, 1.807) is 0 Å². The molecule has 120 valence electrons. The van der Waals surface area contributed by atoms with Gasteiger partial charge in [-0.3, -0.25) is 9.78 Å². The number of nitrogens with zero attached hydrogens (tertiary/aromatic N) is 4. The van der Waals surface area contributed by atoms with E-state index in [-0.39, 0.29) is 0 Å². The molecule has 0 radical (unpaired) electrons. The zero-order valence-electron chi connectivity index (χ0n) is 13.9. The molecule has 3 aromatic heterocycles. The number of fused-ring (bicyclic) bond motifs is 5. The Bertz CT molecular complexity index is 1090. The molecule has 1 aliphatic rings. The van der Waals surface area contributed by atoms with Gasteiger partial charge in [0.05, 0.1) is 29.1 Å². The molecule has 0 saturated heterocycles. The van der Waals surface area contributed by atoms with Crippen molar-refractivity contribution in [2.75, 3.05) is 0 Å². The first kappa shape index (κ1) is 13.7. The summed E-state index contributed by atoms with van der Waals surface area (Å²) >= 11 is 0. The minimum atomic E-state index is 1.06. The number of H-pyrrole nitrogens is 1. The Labute approximate surface area is 139 Å². The van der Waals surface area contributed by atoms with E-state index < -0.39 is 0 Å². The van der Waals surface area contributed by atoms with Gasteiger partial charge in [-0.05, 0) is 55.9 Å². The summed E-state index contributed by atoms with van der Waals surface area (Å²) in [6, 6.07) is 4.26. The largest absolute Gasteiger partial charge is 0.282 e. The smallest absolute Gasteiger partial charge is 0.0778 e. The zero-order valence-corrected chi connectivity index (χ0v) is 13.9. The fraction of sp³-hybridized carbons (Fsp3) is 0.316. The van der Waals surface area contributed by atoms with Gasteiger partial charge < -0.3 is 0 Å². The van der Waals surface area contributed by atoms with Gasteiger partial charge in [0.2, 0.25) is 0 Å². The molecule has 3 heterocycles. The Hall–Kier alpha value is -2.69. The Morgan fingerprint density at radius 2 is 1.92 bits per heavy atom. The second-order valence-electron chi connectivity index (χ2n) is 6.69. The minimum absolute atomic E-state index is 1.06. The maximum Gasteiger partial charge on any atom is 0.0778 e. The third-order valence-electron chi connectivity index (χ3n) is 5.28. The van der Waals surface area contributed by atoms with Crippen LogP contribution in [0.5, 0.6) is 0 Å². The molecule has 0 atom stereocenters. The van der Waals surface area contributed by atoms with E-state index in [4.69, 9.17) is 4.98 Å². The summed E-state index contributed by atoms with van der Waals surface area (Å²) in [6.45, 7) is 2.06. The lowest BCUT2D eigenvalue weighted by molar-refractivity contribution is 0.689. The maximum atomic E-state index is 5.05. The van der Waals surface area contributed by atoms with Crippen molar-refractivity contribution < 1.29 is 0 Å². The molecule has 1 aromatic carbocycles. The number of aromatic amines is 1. The number of nitrogens with one attached hydrogen (secondary N) is 1. The lowest BCUT2D eigenvalue weighted by Gasteiger charge is -2.21. The Morgan fingerprint density at radius 3 is 2.71 bits per heavy atom. The molecule has 5 rings (SSSR count). The molecule has 5 heteroatoms. The van der Waals surface area contributed by atoms with E-state index in [0.29, 0.717) is 0 Å².